The lowest BCUT2D eigenvalue weighted by molar-refractivity contribution is -0.125. The maximum Gasteiger partial charge on any atom is 0.227 e. The SMILES string of the molecule is CN(C)C(CNC(=O)CCC(=O)N(CCC#N)c1ccccc1)c1ccccc1Cl. The molecule has 158 valence electrons. The van der Waals surface area contributed by atoms with Gasteiger partial charge >= 0.3 is 0 Å². The minimum atomic E-state index is -0.199. The second kappa shape index (κ2) is 12.0. The number of hydrogen-bond donors (Lipinski definition) is 1. The molecule has 0 heterocycles. The van der Waals surface area contributed by atoms with Gasteiger partial charge < -0.3 is 15.1 Å². The Labute approximate surface area is 183 Å². The van der Waals surface area contributed by atoms with Crippen LogP contribution < -0.4 is 10.2 Å². The number of nitriles is 1. The van der Waals surface area contributed by atoms with Crippen LogP contribution in [-0.4, -0.2) is 43.9 Å². The van der Waals surface area contributed by atoms with E-state index in [9.17, 15) is 9.59 Å². The lowest BCUT2D eigenvalue weighted by atomic mass is 10.1. The summed E-state index contributed by atoms with van der Waals surface area (Å²) >= 11 is 6.30. The molecule has 7 heteroatoms. The number of halogens is 1. The maximum atomic E-state index is 12.7. The molecule has 0 aliphatic carbocycles. The van der Waals surface area contributed by atoms with Crippen LogP contribution in [0.5, 0.6) is 0 Å². The molecular formula is C23H27ClN4O2. The van der Waals surface area contributed by atoms with Crippen molar-refractivity contribution in [2.24, 2.45) is 0 Å². The number of nitrogens with one attached hydrogen (secondary N) is 1. The summed E-state index contributed by atoms with van der Waals surface area (Å²) in [5, 5.41) is 12.4. The number of amides is 2. The van der Waals surface area contributed by atoms with Crippen LogP contribution in [0, 0.1) is 11.3 Å². The van der Waals surface area contributed by atoms with Gasteiger partial charge in [0, 0.05) is 36.6 Å². The van der Waals surface area contributed by atoms with Gasteiger partial charge in [-0.1, -0.05) is 48.0 Å². The summed E-state index contributed by atoms with van der Waals surface area (Å²) in [5.74, 6) is -0.377. The molecule has 0 fully saturated rings. The predicted octanol–water partition coefficient (Wildman–Crippen LogP) is 3.79. The molecule has 0 saturated heterocycles. The lowest BCUT2D eigenvalue weighted by Crippen LogP contribution is -2.36. The molecule has 0 spiro atoms. The van der Waals surface area contributed by atoms with E-state index < -0.39 is 0 Å². The first-order chi connectivity index (χ1) is 14.4. The first-order valence-electron chi connectivity index (χ1n) is 9.84. The molecule has 0 bridgehead atoms. The fourth-order valence-electron chi connectivity index (χ4n) is 3.14. The van der Waals surface area contributed by atoms with Gasteiger partial charge in [-0.05, 0) is 37.9 Å². The summed E-state index contributed by atoms with van der Waals surface area (Å²) in [7, 11) is 3.85. The molecule has 1 unspecified atom stereocenters. The average Bonchev–Trinajstić information content (AvgIpc) is 2.74. The molecule has 1 N–H and O–H groups in total. The predicted molar refractivity (Wildman–Crippen MR) is 119 cm³/mol. The van der Waals surface area contributed by atoms with Crippen molar-refractivity contribution in [3.63, 3.8) is 0 Å². The van der Waals surface area contributed by atoms with Crippen molar-refractivity contribution in [2.45, 2.75) is 25.3 Å². The molecular weight excluding hydrogens is 400 g/mol. The van der Waals surface area contributed by atoms with Crippen LogP contribution in [0.1, 0.15) is 30.9 Å². The number of para-hydroxylation sites is 1. The van der Waals surface area contributed by atoms with Crippen molar-refractivity contribution >= 4 is 29.1 Å². The standard InChI is InChI=1S/C23H27ClN4O2/c1-27(2)21(19-11-6-7-12-20(19)24)17-26-22(29)13-14-23(30)28(16-8-15-25)18-9-4-3-5-10-18/h3-7,9-12,21H,8,13-14,16-17H2,1-2H3,(H,26,29). The molecule has 2 rings (SSSR count). The van der Waals surface area contributed by atoms with E-state index in [-0.39, 0.29) is 37.1 Å². The van der Waals surface area contributed by atoms with Crippen LogP contribution in [0.25, 0.3) is 0 Å². The molecule has 2 aromatic rings. The minimum Gasteiger partial charge on any atom is -0.354 e. The van der Waals surface area contributed by atoms with Gasteiger partial charge in [0.25, 0.3) is 0 Å². The van der Waals surface area contributed by atoms with Crippen molar-refractivity contribution in [1.29, 1.82) is 5.26 Å². The number of carbonyl (C=O) groups is 2. The van der Waals surface area contributed by atoms with Gasteiger partial charge in [-0.25, -0.2) is 0 Å². The number of nitrogens with zero attached hydrogens (tertiary/aromatic N) is 3. The van der Waals surface area contributed by atoms with Crippen LogP contribution in [-0.2, 0) is 9.59 Å². The molecule has 30 heavy (non-hydrogen) atoms. The number of likely N-dealkylation sites (N-methyl/N-ethyl adjacent to an activating group) is 1. The molecule has 0 saturated carbocycles. The third-order valence-electron chi connectivity index (χ3n) is 4.76. The van der Waals surface area contributed by atoms with E-state index in [2.05, 4.69) is 11.4 Å². The largest absolute Gasteiger partial charge is 0.354 e. The quantitative estimate of drug-likeness (QED) is 0.627. The van der Waals surface area contributed by atoms with E-state index in [1.807, 2.05) is 73.6 Å². The number of anilines is 1. The smallest absolute Gasteiger partial charge is 0.227 e. The topological polar surface area (TPSA) is 76.4 Å². The van der Waals surface area contributed by atoms with Crippen LogP contribution >= 0.6 is 11.6 Å². The summed E-state index contributed by atoms with van der Waals surface area (Å²) < 4.78 is 0. The zero-order chi connectivity index (χ0) is 21.9. The Kier molecular flexibility index (Phi) is 9.33. The van der Waals surface area contributed by atoms with Crippen LogP contribution in [0.4, 0.5) is 5.69 Å². The summed E-state index contributed by atoms with van der Waals surface area (Å²) in [5.41, 5.74) is 1.66. The van der Waals surface area contributed by atoms with E-state index in [4.69, 9.17) is 16.9 Å². The second-order valence-electron chi connectivity index (χ2n) is 7.09. The van der Waals surface area contributed by atoms with Crippen molar-refractivity contribution in [3.05, 3.63) is 65.2 Å². The molecule has 0 aliphatic heterocycles. The fourth-order valence-corrected chi connectivity index (χ4v) is 3.40. The number of benzene rings is 2. The Morgan fingerprint density at radius 3 is 2.37 bits per heavy atom. The van der Waals surface area contributed by atoms with Gasteiger partial charge in [0.15, 0.2) is 0 Å². The van der Waals surface area contributed by atoms with Crippen molar-refractivity contribution in [1.82, 2.24) is 10.2 Å². The highest BCUT2D eigenvalue weighted by molar-refractivity contribution is 6.31. The molecule has 0 aromatic heterocycles. The average molecular weight is 427 g/mol. The molecule has 2 aromatic carbocycles. The van der Waals surface area contributed by atoms with E-state index in [1.165, 1.54) is 0 Å². The summed E-state index contributed by atoms with van der Waals surface area (Å²) in [6.45, 7) is 0.691. The third kappa shape index (κ3) is 6.87. The zero-order valence-electron chi connectivity index (χ0n) is 17.3. The van der Waals surface area contributed by atoms with Gasteiger partial charge in [0.1, 0.15) is 0 Å². The Morgan fingerprint density at radius 1 is 1.07 bits per heavy atom. The van der Waals surface area contributed by atoms with E-state index in [0.29, 0.717) is 18.1 Å². The van der Waals surface area contributed by atoms with Crippen LogP contribution in [0.2, 0.25) is 5.02 Å². The highest BCUT2D eigenvalue weighted by atomic mass is 35.5. The first-order valence-corrected chi connectivity index (χ1v) is 10.2. The van der Waals surface area contributed by atoms with E-state index in [1.54, 1.807) is 4.90 Å². The molecule has 2 amide bonds. The van der Waals surface area contributed by atoms with Crippen LogP contribution in [0.3, 0.4) is 0 Å². The number of carbonyl (C=O) groups excluding carboxylic acids is 2. The summed E-state index contributed by atoms with van der Waals surface area (Å²) in [4.78, 5) is 28.6. The normalized spacial score (nSPS) is 11.6. The zero-order valence-corrected chi connectivity index (χ0v) is 18.1. The summed E-state index contributed by atoms with van der Waals surface area (Å²) in [6.07, 6.45) is 0.386. The Bertz CT molecular complexity index is 880. The third-order valence-corrected chi connectivity index (χ3v) is 5.11. The Hall–Kier alpha value is -2.88. The van der Waals surface area contributed by atoms with Crippen molar-refractivity contribution in [2.75, 3.05) is 32.1 Å². The van der Waals surface area contributed by atoms with Gasteiger partial charge in [0.2, 0.25) is 11.8 Å². The minimum absolute atomic E-state index is 0.0743. The monoisotopic (exact) mass is 426 g/mol. The highest BCUT2D eigenvalue weighted by Crippen LogP contribution is 2.25. The second-order valence-corrected chi connectivity index (χ2v) is 7.50. The summed E-state index contributed by atoms with van der Waals surface area (Å²) in [6, 6.07) is 18.7. The van der Waals surface area contributed by atoms with Crippen molar-refractivity contribution in [3.8, 4) is 6.07 Å². The van der Waals surface area contributed by atoms with Crippen molar-refractivity contribution < 1.29 is 9.59 Å². The Balaban J connectivity index is 1.93. The van der Waals surface area contributed by atoms with Gasteiger partial charge in [0.05, 0.1) is 18.5 Å². The number of hydrogen-bond acceptors (Lipinski definition) is 4. The lowest BCUT2D eigenvalue weighted by Gasteiger charge is -2.26. The molecule has 0 aliphatic rings. The molecule has 1 atom stereocenters. The number of rotatable bonds is 10. The van der Waals surface area contributed by atoms with Gasteiger partial charge in [-0.15, -0.1) is 0 Å². The molecule has 0 radical (unpaired) electrons. The van der Waals surface area contributed by atoms with Gasteiger partial charge in [-0.3, -0.25) is 9.59 Å². The fraction of sp³-hybridized carbons (Fsp3) is 0.348. The molecule has 6 nitrogen and oxygen atoms in total. The first kappa shape index (κ1) is 23.4. The van der Waals surface area contributed by atoms with E-state index >= 15 is 0 Å². The Morgan fingerprint density at radius 2 is 1.73 bits per heavy atom. The maximum absolute atomic E-state index is 12.7. The highest BCUT2D eigenvalue weighted by Gasteiger charge is 2.19. The van der Waals surface area contributed by atoms with E-state index in [0.717, 1.165) is 11.3 Å². The van der Waals surface area contributed by atoms with Crippen LogP contribution in [0.15, 0.2) is 54.6 Å². The van der Waals surface area contributed by atoms with Gasteiger partial charge in [-0.2, -0.15) is 5.26 Å².